The highest BCUT2D eigenvalue weighted by Crippen LogP contribution is 2.24. The summed E-state index contributed by atoms with van der Waals surface area (Å²) in [5.74, 6) is 1.80. The number of hydrogen-bond donors (Lipinski definition) is 2. The molecule has 3 rings (SSSR count). The fourth-order valence-corrected chi connectivity index (χ4v) is 3.65. The van der Waals surface area contributed by atoms with E-state index in [0.717, 1.165) is 69.2 Å². The van der Waals surface area contributed by atoms with E-state index in [1.807, 2.05) is 13.0 Å². The van der Waals surface area contributed by atoms with E-state index in [9.17, 15) is 5.11 Å². The lowest BCUT2D eigenvalue weighted by Gasteiger charge is -2.41. The maximum atomic E-state index is 9.85. The van der Waals surface area contributed by atoms with Gasteiger partial charge in [-0.3, -0.25) is 4.90 Å². The number of nitrogens with two attached hydrogens (primary N) is 1. The Morgan fingerprint density at radius 1 is 1.23 bits per heavy atom. The molecule has 0 bridgehead atoms. The van der Waals surface area contributed by atoms with Crippen LogP contribution in [0.25, 0.3) is 0 Å². The zero-order chi connectivity index (χ0) is 15.5. The first-order chi connectivity index (χ1) is 10.7. The second-order valence-corrected chi connectivity index (χ2v) is 6.48. The third-order valence-electron chi connectivity index (χ3n) is 4.82. The second kappa shape index (κ2) is 6.89. The van der Waals surface area contributed by atoms with Crippen LogP contribution in [0.3, 0.4) is 0 Å². The van der Waals surface area contributed by atoms with Crippen LogP contribution in [0, 0.1) is 6.92 Å². The Bertz CT molecular complexity index is 501. The van der Waals surface area contributed by atoms with Gasteiger partial charge in [0.15, 0.2) is 0 Å². The van der Waals surface area contributed by atoms with E-state index in [2.05, 4.69) is 19.8 Å². The zero-order valence-electron chi connectivity index (χ0n) is 13.4. The predicted octanol–water partition coefficient (Wildman–Crippen LogP) is 0.669. The van der Waals surface area contributed by atoms with Crippen molar-refractivity contribution in [3.05, 3.63) is 17.6 Å². The number of hydrogen-bond acceptors (Lipinski definition) is 6. The van der Waals surface area contributed by atoms with Crippen LogP contribution >= 0.6 is 0 Å². The summed E-state index contributed by atoms with van der Waals surface area (Å²) < 4.78 is 0. The SMILES string of the molecule is Cc1nc(CN)cc(N2CCC(N3CCC[C@H](O)C3)CC2)n1. The monoisotopic (exact) mass is 305 g/mol. The highest BCUT2D eigenvalue weighted by molar-refractivity contribution is 5.40. The summed E-state index contributed by atoms with van der Waals surface area (Å²) in [5, 5.41) is 9.85. The van der Waals surface area contributed by atoms with Gasteiger partial charge in [0.1, 0.15) is 11.6 Å². The third kappa shape index (κ3) is 3.56. The summed E-state index contributed by atoms with van der Waals surface area (Å²) in [6.45, 7) is 6.37. The number of nitrogens with zero attached hydrogens (tertiary/aromatic N) is 4. The van der Waals surface area contributed by atoms with E-state index < -0.39 is 0 Å². The number of piperidine rings is 2. The molecule has 122 valence electrons. The van der Waals surface area contributed by atoms with Crippen molar-refractivity contribution in [1.82, 2.24) is 14.9 Å². The highest BCUT2D eigenvalue weighted by Gasteiger charge is 2.28. The van der Waals surface area contributed by atoms with Gasteiger partial charge in [0.05, 0.1) is 11.8 Å². The van der Waals surface area contributed by atoms with Gasteiger partial charge in [-0.2, -0.15) is 0 Å². The average molecular weight is 305 g/mol. The zero-order valence-corrected chi connectivity index (χ0v) is 13.4. The molecule has 0 spiro atoms. The molecule has 1 aromatic rings. The molecule has 2 aliphatic rings. The molecule has 6 heteroatoms. The van der Waals surface area contributed by atoms with Gasteiger partial charge in [-0.1, -0.05) is 0 Å². The first-order valence-corrected chi connectivity index (χ1v) is 8.37. The maximum Gasteiger partial charge on any atom is 0.132 e. The Hall–Kier alpha value is -1.24. The van der Waals surface area contributed by atoms with Crippen molar-refractivity contribution in [3.63, 3.8) is 0 Å². The van der Waals surface area contributed by atoms with Crippen LogP contribution in [0.2, 0.25) is 0 Å². The van der Waals surface area contributed by atoms with E-state index >= 15 is 0 Å². The first kappa shape index (κ1) is 15.6. The van der Waals surface area contributed by atoms with E-state index in [4.69, 9.17) is 5.73 Å². The van der Waals surface area contributed by atoms with Crippen molar-refractivity contribution in [2.75, 3.05) is 31.1 Å². The van der Waals surface area contributed by atoms with Crippen LogP contribution in [-0.4, -0.2) is 58.3 Å². The number of rotatable bonds is 3. The Balaban J connectivity index is 1.60. The van der Waals surface area contributed by atoms with Crippen LogP contribution in [0.15, 0.2) is 6.07 Å². The molecule has 0 aliphatic carbocycles. The van der Waals surface area contributed by atoms with E-state index in [1.165, 1.54) is 0 Å². The van der Waals surface area contributed by atoms with Gasteiger partial charge in [0.2, 0.25) is 0 Å². The smallest absolute Gasteiger partial charge is 0.132 e. The number of aliphatic hydroxyl groups excluding tert-OH is 1. The molecule has 0 unspecified atom stereocenters. The Morgan fingerprint density at radius 2 is 2.00 bits per heavy atom. The van der Waals surface area contributed by atoms with Gasteiger partial charge in [-0.25, -0.2) is 9.97 Å². The van der Waals surface area contributed by atoms with Gasteiger partial charge in [-0.05, 0) is 39.2 Å². The molecule has 1 atom stereocenters. The Kier molecular flexibility index (Phi) is 4.90. The molecule has 1 aromatic heterocycles. The summed E-state index contributed by atoms with van der Waals surface area (Å²) in [5.41, 5.74) is 6.62. The molecule has 6 nitrogen and oxygen atoms in total. The molecule has 3 N–H and O–H groups in total. The topological polar surface area (TPSA) is 78.5 Å². The fraction of sp³-hybridized carbons (Fsp3) is 0.750. The lowest BCUT2D eigenvalue weighted by Crippen LogP contribution is -2.49. The van der Waals surface area contributed by atoms with Crippen LogP contribution in [0.1, 0.15) is 37.2 Å². The molecule has 2 saturated heterocycles. The fourth-order valence-electron chi connectivity index (χ4n) is 3.65. The van der Waals surface area contributed by atoms with Crippen LogP contribution in [0.5, 0.6) is 0 Å². The number of β-amino-alcohol motifs (C(OH)–C–C–N with tert-alkyl or cyclic N) is 1. The minimum Gasteiger partial charge on any atom is -0.392 e. The average Bonchev–Trinajstić information content (AvgIpc) is 2.54. The summed E-state index contributed by atoms with van der Waals surface area (Å²) >= 11 is 0. The predicted molar refractivity (Wildman–Crippen MR) is 86.7 cm³/mol. The molecular formula is C16H27N5O. The summed E-state index contributed by atoms with van der Waals surface area (Å²) in [6, 6.07) is 2.61. The third-order valence-corrected chi connectivity index (χ3v) is 4.82. The lowest BCUT2D eigenvalue weighted by molar-refractivity contribution is 0.0398. The minimum atomic E-state index is -0.136. The molecule has 0 radical (unpaired) electrons. The van der Waals surface area contributed by atoms with Gasteiger partial charge in [-0.15, -0.1) is 0 Å². The van der Waals surface area contributed by atoms with Gasteiger partial charge in [0, 0.05) is 38.3 Å². The summed E-state index contributed by atoms with van der Waals surface area (Å²) in [4.78, 5) is 13.7. The second-order valence-electron chi connectivity index (χ2n) is 6.48. The van der Waals surface area contributed by atoms with Crippen molar-refractivity contribution >= 4 is 5.82 Å². The van der Waals surface area contributed by atoms with Gasteiger partial charge in [0.25, 0.3) is 0 Å². The van der Waals surface area contributed by atoms with Crippen molar-refractivity contribution in [2.24, 2.45) is 5.73 Å². The van der Waals surface area contributed by atoms with Crippen molar-refractivity contribution < 1.29 is 5.11 Å². The Labute approximate surface area is 132 Å². The number of aromatic nitrogens is 2. The van der Waals surface area contributed by atoms with E-state index in [0.29, 0.717) is 12.6 Å². The normalized spacial score (nSPS) is 24.7. The number of anilines is 1. The van der Waals surface area contributed by atoms with Gasteiger partial charge < -0.3 is 15.7 Å². The molecule has 0 amide bonds. The Morgan fingerprint density at radius 3 is 2.68 bits per heavy atom. The molecular weight excluding hydrogens is 278 g/mol. The lowest BCUT2D eigenvalue weighted by atomic mass is 9.99. The molecule has 22 heavy (non-hydrogen) atoms. The van der Waals surface area contributed by atoms with Gasteiger partial charge >= 0.3 is 0 Å². The van der Waals surface area contributed by atoms with Crippen molar-refractivity contribution in [1.29, 1.82) is 0 Å². The molecule has 2 aliphatic heterocycles. The van der Waals surface area contributed by atoms with E-state index in [1.54, 1.807) is 0 Å². The van der Waals surface area contributed by atoms with Crippen LogP contribution < -0.4 is 10.6 Å². The van der Waals surface area contributed by atoms with Crippen molar-refractivity contribution in [3.8, 4) is 0 Å². The number of aliphatic hydroxyl groups is 1. The molecule has 3 heterocycles. The maximum absolute atomic E-state index is 9.85. The van der Waals surface area contributed by atoms with Crippen LogP contribution in [0.4, 0.5) is 5.82 Å². The summed E-state index contributed by atoms with van der Waals surface area (Å²) in [6.07, 6.45) is 4.20. The molecule has 2 fully saturated rings. The quantitative estimate of drug-likeness (QED) is 0.854. The molecule has 0 saturated carbocycles. The summed E-state index contributed by atoms with van der Waals surface area (Å²) in [7, 11) is 0. The van der Waals surface area contributed by atoms with Crippen LogP contribution in [-0.2, 0) is 6.54 Å². The number of aryl methyl sites for hydroxylation is 1. The minimum absolute atomic E-state index is 0.136. The largest absolute Gasteiger partial charge is 0.392 e. The first-order valence-electron chi connectivity index (χ1n) is 8.37. The standard InChI is InChI=1S/C16H27N5O/c1-12-18-13(10-17)9-16(19-12)20-7-4-14(5-8-20)21-6-2-3-15(22)11-21/h9,14-15,22H,2-8,10-11,17H2,1H3/t15-/m0/s1. The molecule has 0 aromatic carbocycles. The highest BCUT2D eigenvalue weighted by atomic mass is 16.3. The number of likely N-dealkylation sites (tertiary alicyclic amines) is 1. The van der Waals surface area contributed by atoms with E-state index in [-0.39, 0.29) is 6.10 Å². The van der Waals surface area contributed by atoms with Crippen molar-refractivity contribution in [2.45, 2.75) is 51.3 Å².